The normalized spacial score (nSPS) is 21.7. The Morgan fingerprint density at radius 1 is 0.826 bits per heavy atom. The van der Waals surface area contributed by atoms with E-state index in [1.165, 1.54) is 0 Å². The van der Waals surface area contributed by atoms with Crippen molar-refractivity contribution in [2.45, 2.75) is 31.9 Å². The van der Waals surface area contributed by atoms with E-state index in [-0.39, 0.29) is 24.1 Å². The van der Waals surface area contributed by atoms with E-state index in [4.69, 9.17) is 24.4 Å². The molecule has 0 radical (unpaired) electrons. The molecule has 2 aromatic carbocycles. The maximum atomic E-state index is 12.9. The van der Waals surface area contributed by atoms with Crippen LogP contribution >= 0.6 is 0 Å². The molecule has 8 rings (SSSR count). The molecule has 5 aliphatic heterocycles. The quantitative estimate of drug-likeness (QED) is 0.403. The van der Waals surface area contributed by atoms with Crippen molar-refractivity contribution in [3.63, 3.8) is 0 Å². The Hall–Kier alpha value is -4.33. The van der Waals surface area contributed by atoms with Crippen LogP contribution in [-0.2, 0) is 9.47 Å². The number of hydrogen-bond donors (Lipinski definition) is 2. The first-order valence-corrected chi connectivity index (χ1v) is 16.3. The van der Waals surface area contributed by atoms with Crippen molar-refractivity contribution in [3.05, 3.63) is 54.1 Å². The smallest absolute Gasteiger partial charge is 0.323 e. The van der Waals surface area contributed by atoms with Crippen LogP contribution in [0.4, 0.5) is 28.1 Å². The lowest BCUT2D eigenvalue weighted by atomic mass is 9.97. The first-order chi connectivity index (χ1) is 22.5. The number of nitrogens with zero attached hydrogens (tertiary/aromatic N) is 7. The highest BCUT2D eigenvalue weighted by molar-refractivity contribution is 6.00. The summed E-state index contributed by atoms with van der Waals surface area (Å²) in [6.45, 7) is 10.6. The van der Waals surface area contributed by atoms with Crippen LogP contribution in [-0.4, -0.2) is 121 Å². The average Bonchev–Trinajstić information content (AvgIpc) is 3.12. The van der Waals surface area contributed by atoms with Crippen LogP contribution in [0.15, 0.2) is 48.5 Å². The third-order valence-electron chi connectivity index (χ3n) is 9.25. The molecule has 5 aliphatic rings. The van der Waals surface area contributed by atoms with Gasteiger partial charge in [0.05, 0.1) is 32.0 Å². The maximum Gasteiger partial charge on any atom is 0.323 e. The van der Waals surface area contributed by atoms with Gasteiger partial charge in [-0.15, -0.1) is 0 Å². The van der Waals surface area contributed by atoms with E-state index < -0.39 is 0 Å². The van der Waals surface area contributed by atoms with Crippen molar-refractivity contribution < 1.29 is 19.1 Å². The summed E-state index contributed by atoms with van der Waals surface area (Å²) in [6.07, 6.45) is 2.35. The van der Waals surface area contributed by atoms with Gasteiger partial charge in [-0.3, -0.25) is 4.79 Å². The van der Waals surface area contributed by atoms with Gasteiger partial charge in [0.2, 0.25) is 11.9 Å². The Morgan fingerprint density at radius 3 is 2.11 bits per heavy atom. The number of hydrogen-bond acceptors (Lipinski definition) is 10. The van der Waals surface area contributed by atoms with Crippen LogP contribution in [0.1, 0.15) is 30.1 Å². The number of piperidine rings is 1. The predicted molar refractivity (Wildman–Crippen MR) is 176 cm³/mol. The monoisotopic (exact) mass is 627 g/mol. The van der Waals surface area contributed by atoms with E-state index in [0.29, 0.717) is 54.5 Å². The molecule has 2 bridgehead atoms. The number of urea groups is 1. The zero-order valence-electron chi connectivity index (χ0n) is 26.2. The van der Waals surface area contributed by atoms with Crippen LogP contribution in [0.5, 0.6) is 0 Å². The largest absolute Gasteiger partial charge is 0.378 e. The molecule has 6 heterocycles. The average molecular weight is 628 g/mol. The molecule has 0 spiro atoms. The number of likely N-dealkylation sites (N-methyl/N-ethyl adjacent to an activating group) is 1. The lowest BCUT2D eigenvalue weighted by molar-refractivity contribution is -0.0232. The number of anilines is 4. The summed E-state index contributed by atoms with van der Waals surface area (Å²) in [7, 11) is 0. The van der Waals surface area contributed by atoms with E-state index >= 15 is 0 Å². The minimum Gasteiger partial charge on any atom is -0.378 e. The Kier molecular flexibility index (Phi) is 8.95. The number of morpholine rings is 2. The molecular formula is C33H41N9O4. The van der Waals surface area contributed by atoms with E-state index in [1.807, 2.05) is 29.2 Å². The van der Waals surface area contributed by atoms with Crippen molar-refractivity contribution in [2.24, 2.45) is 0 Å². The minimum absolute atomic E-state index is 0.0198. The van der Waals surface area contributed by atoms with Crippen LogP contribution in [0.25, 0.3) is 11.4 Å². The summed E-state index contributed by atoms with van der Waals surface area (Å²) in [5, 5.41) is 5.74. The number of aromatic nitrogens is 3. The van der Waals surface area contributed by atoms with Gasteiger partial charge < -0.3 is 39.7 Å². The topological polar surface area (TPSA) is 128 Å². The number of amides is 3. The Morgan fingerprint density at radius 2 is 1.50 bits per heavy atom. The van der Waals surface area contributed by atoms with E-state index in [2.05, 4.69) is 32.3 Å². The maximum absolute atomic E-state index is 12.9. The highest BCUT2D eigenvalue weighted by Crippen LogP contribution is 2.31. The number of piperazine rings is 1. The van der Waals surface area contributed by atoms with Crippen molar-refractivity contribution in [3.8, 4) is 11.4 Å². The van der Waals surface area contributed by atoms with E-state index in [9.17, 15) is 9.59 Å². The fraction of sp³-hybridized carbons (Fsp3) is 0.485. The molecule has 13 heteroatoms. The summed E-state index contributed by atoms with van der Waals surface area (Å²) < 4.78 is 11.5. The van der Waals surface area contributed by atoms with Crippen LogP contribution in [0, 0.1) is 0 Å². The Labute approximate surface area is 268 Å². The van der Waals surface area contributed by atoms with Gasteiger partial charge in [0, 0.05) is 68.3 Å². The second kappa shape index (κ2) is 13.6. The number of rotatable bonds is 7. The first-order valence-electron chi connectivity index (χ1n) is 16.3. The molecule has 1 aromatic heterocycles. The molecule has 0 saturated carbocycles. The zero-order valence-corrected chi connectivity index (χ0v) is 26.2. The van der Waals surface area contributed by atoms with Crippen molar-refractivity contribution in [1.29, 1.82) is 0 Å². The van der Waals surface area contributed by atoms with Gasteiger partial charge in [-0.05, 0) is 67.9 Å². The van der Waals surface area contributed by atoms with Gasteiger partial charge in [-0.2, -0.15) is 15.0 Å². The van der Waals surface area contributed by atoms with Gasteiger partial charge in [-0.1, -0.05) is 6.92 Å². The third kappa shape index (κ3) is 6.76. The number of fused-ring (bicyclic) bond motifs is 3. The molecule has 242 valence electrons. The molecule has 3 aromatic rings. The third-order valence-corrected chi connectivity index (χ3v) is 9.25. The summed E-state index contributed by atoms with van der Waals surface area (Å²) >= 11 is 0. The molecule has 5 saturated heterocycles. The van der Waals surface area contributed by atoms with E-state index in [0.717, 1.165) is 70.8 Å². The van der Waals surface area contributed by atoms with Gasteiger partial charge >= 0.3 is 6.03 Å². The first kappa shape index (κ1) is 30.3. The summed E-state index contributed by atoms with van der Waals surface area (Å²) in [5.41, 5.74) is 2.68. The lowest BCUT2D eigenvalue weighted by Gasteiger charge is -2.45. The minimum atomic E-state index is -0.373. The molecule has 5 fully saturated rings. The molecule has 0 aliphatic carbocycles. The van der Waals surface area contributed by atoms with E-state index in [1.54, 1.807) is 24.3 Å². The Bertz CT molecular complexity index is 1520. The number of carbonyl (C=O) groups is 2. The standard InChI is InChI=1S/C33H41N9O4/c1-2-39-13-15-40(16-14-39)30(43)24-5-9-26(10-6-24)35-33(44)34-25-7-3-23(4-8-25)29-36-31(41-17-19-45-20-18-41)38-32(37-29)42-21-28-12-11-27(42)22-46-28/h3-10,27-28H,2,11-22H2,1H3,(H2,34,35,44). The fourth-order valence-electron chi connectivity index (χ4n) is 6.45. The number of ether oxygens (including phenoxy) is 2. The lowest BCUT2D eigenvalue weighted by Crippen LogP contribution is -2.55. The zero-order chi connectivity index (χ0) is 31.5. The molecule has 3 amide bonds. The summed E-state index contributed by atoms with van der Waals surface area (Å²) in [6, 6.07) is 14.4. The van der Waals surface area contributed by atoms with Crippen molar-refractivity contribution >= 4 is 35.2 Å². The van der Waals surface area contributed by atoms with Crippen molar-refractivity contribution in [2.75, 3.05) is 92.6 Å². The number of carbonyl (C=O) groups excluding carboxylic acids is 2. The van der Waals surface area contributed by atoms with Gasteiger partial charge in [0.25, 0.3) is 5.91 Å². The summed E-state index contributed by atoms with van der Waals surface area (Å²) in [4.78, 5) is 49.0. The van der Waals surface area contributed by atoms with Gasteiger partial charge in [-0.25, -0.2) is 4.79 Å². The summed E-state index contributed by atoms with van der Waals surface area (Å²) in [5.74, 6) is 1.94. The fourth-order valence-corrected chi connectivity index (χ4v) is 6.45. The molecular weight excluding hydrogens is 586 g/mol. The van der Waals surface area contributed by atoms with Crippen molar-refractivity contribution in [1.82, 2.24) is 24.8 Å². The SMILES string of the molecule is CCN1CCN(C(=O)c2ccc(NC(=O)Nc3ccc(-c4nc(N5CCOCC5)nc(N5CC6CCC5CO6)n4)cc3)cc2)CC1. The van der Waals surface area contributed by atoms with Crippen LogP contribution in [0.3, 0.4) is 0 Å². The molecule has 13 nitrogen and oxygen atoms in total. The highest BCUT2D eigenvalue weighted by Gasteiger charge is 2.36. The second-order valence-electron chi connectivity index (χ2n) is 12.2. The molecule has 46 heavy (non-hydrogen) atoms. The Balaban J connectivity index is 1.00. The number of benzene rings is 2. The van der Waals surface area contributed by atoms with Gasteiger partial charge in [0.1, 0.15) is 0 Å². The highest BCUT2D eigenvalue weighted by atomic mass is 16.5. The molecule has 2 unspecified atom stereocenters. The predicted octanol–water partition coefficient (Wildman–Crippen LogP) is 3.16. The van der Waals surface area contributed by atoms with Crippen LogP contribution < -0.4 is 20.4 Å². The molecule has 2 N–H and O–H groups in total. The van der Waals surface area contributed by atoms with Gasteiger partial charge in [0.15, 0.2) is 5.82 Å². The second-order valence-corrected chi connectivity index (χ2v) is 12.2. The van der Waals surface area contributed by atoms with Crippen LogP contribution in [0.2, 0.25) is 0 Å². The molecule has 2 atom stereocenters. The number of nitrogens with one attached hydrogen (secondary N) is 2.